The molecule has 0 fully saturated rings. The maximum absolute atomic E-state index is 3.61. The second-order valence-electron chi connectivity index (χ2n) is 6.34. The highest BCUT2D eigenvalue weighted by molar-refractivity contribution is 5.31. The van der Waals surface area contributed by atoms with Gasteiger partial charge in [0.2, 0.25) is 0 Å². The van der Waals surface area contributed by atoms with Gasteiger partial charge >= 0.3 is 0 Å². The Kier molecular flexibility index (Phi) is 5.19. The molecule has 1 unspecified atom stereocenters. The van der Waals surface area contributed by atoms with Crippen LogP contribution in [0.1, 0.15) is 60.5 Å². The normalized spacial score (nSPS) is 12.7. The molecule has 2 aromatic rings. The Morgan fingerprint density at radius 1 is 0.810 bits per heavy atom. The monoisotopic (exact) mass is 281 g/mol. The van der Waals surface area contributed by atoms with E-state index in [9.17, 15) is 0 Å². The van der Waals surface area contributed by atoms with Crippen molar-refractivity contribution in [2.45, 2.75) is 53.1 Å². The lowest BCUT2D eigenvalue weighted by atomic mass is 10.0. The fraction of sp³-hybridized carbons (Fsp3) is 0.400. The molecule has 0 aliphatic carbocycles. The largest absolute Gasteiger partial charge is 0.306 e. The van der Waals surface area contributed by atoms with Gasteiger partial charge in [0.25, 0.3) is 0 Å². The van der Waals surface area contributed by atoms with Crippen molar-refractivity contribution in [1.82, 2.24) is 5.32 Å². The highest BCUT2D eigenvalue weighted by atomic mass is 14.9. The van der Waals surface area contributed by atoms with Crippen molar-refractivity contribution in [3.8, 4) is 0 Å². The van der Waals surface area contributed by atoms with Crippen LogP contribution in [0.4, 0.5) is 0 Å². The average Bonchev–Trinajstić information content (AvgIpc) is 2.48. The predicted molar refractivity (Wildman–Crippen MR) is 91.7 cm³/mol. The van der Waals surface area contributed by atoms with Crippen molar-refractivity contribution in [1.29, 1.82) is 0 Å². The van der Waals surface area contributed by atoms with Gasteiger partial charge in [0.1, 0.15) is 0 Å². The molecule has 2 rings (SSSR count). The van der Waals surface area contributed by atoms with E-state index >= 15 is 0 Å². The van der Waals surface area contributed by atoms with Crippen molar-refractivity contribution < 1.29 is 0 Å². The third-order valence-electron chi connectivity index (χ3n) is 4.29. The van der Waals surface area contributed by atoms with Crippen LogP contribution in [0.15, 0.2) is 42.5 Å². The summed E-state index contributed by atoms with van der Waals surface area (Å²) in [5.74, 6) is 0.599. The van der Waals surface area contributed by atoms with Gasteiger partial charge in [-0.05, 0) is 54.5 Å². The SMILES string of the molecule is Cc1ccc(C(C)NCc2ccc(C(C)C)cc2)cc1C. The van der Waals surface area contributed by atoms with E-state index in [1.807, 2.05) is 0 Å². The highest BCUT2D eigenvalue weighted by Crippen LogP contribution is 2.18. The molecular weight excluding hydrogens is 254 g/mol. The maximum atomic E-state index is 3.61. The van der Waals surface area contributed by atoms with E-state index < -0.39 is 0 Å². The summed E-state index contributed by atoms with van der Waals surface area (Å²) in [6.45, 7) is 11.9. The van der Waals surface area contributed by atoms with Gasteiger partial charge in [-0.1, -0.05) is 56.3 Å². The molecule has 21 heavy (non-hydrogen) atoms. The van der Waals surface area contributed by atoms with Gasteiger partial charge in [0.05, 0.1) is 0 Å². The Balaban J connectivity index is 1.97. The Morgan fingerprint density at radius 3 is 2.00 bits per heavy atom. The van der Waals surface area contributed by atoms with Gasteiger partial charge in [0.15, 0.2) is 0 Å². The first-order chi connectivity index (χ1) is 9.97. The Bertz CT molecular complexity index is 581. The van der Waals surface area contributed by atoms with Crippen LogP contribution in [0.25, 0.3) is 0 Å². The van der Waals surface area contributed by atoms with Crippen molar-refractivity contribution >= 4 is 0 Å². The molecule has 0 bridgehead atoms. The van der Waals surface area contributed by atoms with E-state index in [2.05, 4.69) is 82.4 Å². The molecule has 0 radical (unpaired) electrons. The van der Waals surface area contributed by atoms with Crippen molar-refractivity contribution in [3.63, 3.8) is 0 Å². The summed E-state index contributed by atoms with van der Waals surface area (Å²) < 4.78 is 0. The molecule has 0 saturated heterocycles. The van der Waals surface area contributed by atoms with E-state index in [0.29, 0.717) is 12.0 Å². The molecule has 0 aliphatic rings. The zero-order valence-corrected chi connectivity index (χ0v) is 13.9. The number of rotatable bonds is 5. The number of hydrogen-bond acceptors (Lipinski definition) is 1. The minimum atomic E-state index is 0.370. The zero-order chi connectivity index (χ0) is 15.4. The molecule has 112 valence electrons. The number of aryl methyl sites for hydroxylation is 2. The minimum absolute atomic E-state index is 0.370. The summed E-state index contributed by atoms with van der Waals surface area (Å²) in [4.78, 5) is 0. The van der Waals surface area contributed by atoms with Crippen LogP contribution < -0.4 is 5.32 Å². The third kappa shape index (κ3) is 4.18. The van der Waals surface area contributed by atoms with Crippen LogP contribution in [0.5, 0.6) is 0 Å². The third-order valence-corrected chi connectivity index (χ3v) is 4.29. The molecule has 1 heteroatoms. The van der Waals surface area contributed by atoms with Crippen LogP contribution in [0.3, 0.4) is 0 Å². The van der Waals surface area contributed by atoms with Crippen LogP contribution in [-0.2, 0) is 6.54 Å². The molecule has 2 aromatic carbocycles. The van der Waals surface area contributed by atoms with Gasteiger partial charge in [0, 0.05) is 12.6 Å². The Hall–Kier alpha value is -1.60. The van der Waals surface area contributed by atoms with E-state index in [4.69, 9.17) is 0 Å². The first-order valence-electron chi connectivity index (χ1n) is 7.86. The van der Waals surface area contributed by atoms with Crippen molar-refractivity contribution in [2.75, 3.05) is 0 Å². The number of hydrogen-bond donors (Lipinski definition) is 1. The minimum Gasteiger partial charge on any atom is -0.306 e. The lowest BCUT2D eigenvalue weighted by molar-refractivity contribution is 0.574. The second-order valence-corrected chi connectivity index (χ2v) is 6.34. The fourth-order valence-corrected chi connectivity index (χ4v) is 2.44. The van der Waals surface area contributed by atoms with Crippen LogP contribution >= 0.6 is 0 Å². The summed E-state index contributed by atoms with van der Waals surface area (Å²) in [6.07, 6.45) is 0. The van der Waals surface area contributed by atoms with Gasteiger partial charge in [-0.2, -0.15) is 0 Å². The van der Waals surface area contributed by atoms with Crippen molar-refractivity contribution in [2.24, 2.45) is 0 Å². The molecule has 0 aliphatic heterocycles. The molecule has 0 amide bonds. The molecule has 0 saturated carbocycles. The lowest BCUT2D eigenvalue weighted by Crippen LogP contribution is -2.18. The molecule has 0 spiro atoms. The summed E-state index contributed by atoms with van der Waals surface area (Å²) >= 11 is 0. The molecule has 0 heterocycles. The summed E-state index contributed by atoms with van der Waals surface area (Å²) in [5.41, 5.74) is 6.82. The first-order valence-corrected chi connectivity index (χ1v) is 7.86. The molecule has 1 N–H and O–H groups in total. The average molecular weight is 281 g/mol. The smallest absolute Gasteiger partial charge is 0.0295 e. The quantitative estimate of drug-likeness (QED) is 0.786. The van der Waals surface area contributed by atoms with Gasteiger partial charge in [-0.15, -0.1) is 0 Å². The predicted octanol–water partition coefficient (Wildman–Crippen LogP) is 5.28. The number of benzene rings is 2. The molecule has 1 atom stereocenters. The Labute approximate surface area is 129 Å². The molecule has 0 aromatic heterocycles. The first kappa shape index (κ1) is 15.8. The van der Waals surface area contributed by atoms with E-state index in [1.54, 1.807) is 0 Å². The van der Waals surface area contributed by atoms with E-state index in [0.717, 1.165) is 6.54 Å². The lowest BCUT2D eigenvalue weighted by Gasteiger charge is -2.16. The zero-order valence-electron chi connectivity index (χ0n) is 13.9. The maximum Gasteiger partial charge on any atom is 0.0295 e. The van der Waals surface area contributed by atoms with Crippen molar-refractivity contribution in [3.05, 3.63) is 70.3 Å². The molecule has 1 nitrogen and oxygen atoms in total. The van der Waals surface area contributed by atoms with Crippen LogP contribution in [0.2, 0.25) is 0 Å². The van der Waals surface area contributed by atoms with Crippen LogP contribution in [-0.4, -0.2) is 0 Å². The van der Waals surface area contributed by atoms with Crippen LogP contribution in [0, 0.1) is 13.8 Å². The second kappa shape index (κ2) is 6.91. The van der Waals surface area contributed by atoms with E-state index in [-0.39, 0.29) is 0 Å². The summed E-state index contributed by atoms with van der Waals surface area (Å²) in [6, 6.07) is 16.0. The van der Waals surface area contributed by atoms with Gasteiger partial charge < -0.3 is 5.32 Å². The highest BCUT2D eigenvalue weighted by Gasteiger charge is 2.06. The molecular formula is C20H27N. The van der Waals surface area contributed by atoms with Gasteiger partial charge in [-0.3, -0.25) is 0 Å². The standard InChI is InChI=1S/C20H27N/c1-14(2)19-10-7-18(8-11-19)13-21-17(5)20-9-6-15(3)16(4)12-20/h6-12,14,17,21H,13H2,1-5H3. The fourth-order valence-electron chi connectivity index (χ4n) is 2.44. The van der Waals surface area contributed by atoms with Gasteiger partial charge in [-0.25, -0.2) is 0 Å². The summed E-state index contributed by atoms with van der Waals surface area (Å²) in [7, 11) is 0. The topological polar surface area (TPSA) is 12.0 Å². The van der Waals surface area contributed by atoms with E-state index in [1.165, 1.54) is 27.8 Å². The Morgan fingerprint density at radius 2 is 1.43 bits per heavy atom. The summed E-state index contributed by atoms with van der Waals surface area (Å²) in [5, 5.41) is 3.61. The number of nitrogens with one attached hydrogen (secondary N) is 1.